The largest absolute Gasteiger partial charge is 0.467 e. The summed E-state index contributed by atoms with van der Waals surface area (Å²) in [6.07, 6.45) is 1.61. The lowest BCUT2D eigenvalue weighted by Gasteiger charge is -2.11. The maximum Gasteiger partial charge on any atom is 0.195 e. The van der Waals surface area contributed by atoms with Crippen molar-refractivity contribution in [3.8, 4) is 0 Å². The van der Waals surface area contributed by atoms with Crippen LogP contribution in [0.15, 0.2) is 22.8 Å². The van der Waals surface area contributed by atoms with Crippen molar-refractivity contribution in [1.82, 2.24) is 14.8 Å². The minimum absolute atomic E-state index is 0.0756. The lowest BCUT2D eigenvalue weighted by molar-refractivity contribution is 0.261. The molecule has 2 rings (SSSR count). The van der Waals surface area contributed by atoms with Crippen molar-refractivity contribution in [2.75, 3.05) is 0 Å². The molecule has 80 valence electrons. The Balaban J connectivity index is 2.45. The molecule has 0 saturated carbocycles. The monoisotopic (exact) mass is 225 g/mol. The molecule has 2 heterocycles. The van der Waals surface area contributed by atoms with E-state index in [1.54, 1.807) is 10.8 Å². The first-order chi connectivity index (χ1) is 7.24. The molecule has 0 bridgehead atoms. The van der Waals surface area contributed by atoms with Crippen LogP contribution >= 0.6 is 12.2 Å². The highest BCUT2D eigenvalue weighted by Crippen LogP contribution is 2.19. The molecule has 15 heavy (non-hydrogen) atoms. The summed E-state index contributed by atoms with van der Waals surface area (Å²) in [5.41, 5.74) is 0. The topological polar surface area (TPSA) is 67.0 Å². The summed E-state index contributed by atoms with van der Waals surface area (Å²) in [5, 5.41) is 15.7. The Bertz CT molecular complexity index is 486. The Labute approximate surface area is 91.4 Å². The van der Waals surface area contributed by atoms with Crippen LogP contribution in [0.2, 0.25) is 0 Å². The summed E-state index contributed by atoms with van der Waals surface area (Å²) in [5.74, 6) is 1.28. The van der Waals surface area contributed by atoms with E-state index in [-0.39, 0.29) is 12.6 Å². The third-order valence-electron chi connectivity index (χ3n) is 2.26. The molecule has 0 radical (unpaired) electrons. The van der Waals surface area contributed by atoms with E-state index < -0.39 is 0 Å². The van der Waals surface area contributed by atoms with Crippen LogP contribution in [0.5, 0.6) is 0 Å². The number of aliphatic hydroxyl groups is 1. The van der Waals surface area contributed by atoms with Crippen LogP contribution in [-0.4, -0.2) is 19.9 Å². The second-order valence-electron chi connectivity index (χ2n) is 3.16. The number of furan rings is 1. The average molecular weight is 225 g/mol. The first-order valence-corrected chi connectivity index (χ1v) is 4.95. The number of hydrogen-bond acceptors (Lipinski definition) is 4. The summed E-state index contributed by atoms with van der Waals surface area (Å²) in [6, 6.07) is 3.60. The molecule has 0 saturated heterocycles. The van der Waals surface area contributed by atoms with Gasteiger partial charge in [0.25, 0.3) is 0 Å². The summed E-state index contributed by atoms with van der Waals surface area (Å²) < 4.78 is 7.49. The van der Waals surface area contributed by atoms with Crippen LogP contribution in [0.1, 0.15) is 24.6 Å². The van der Waals surface area contributed by atoms with Gasteiger partial charge in [-0.1, -0.05) is 0 Å². The molecule has 2 aromatic rings. The van der Waals surface area contributed by atoms with Gasteiger partial charge in [-0.3, -0.25) is 9.67 Å². The summed E-state index contributed by atoms with van der Waals surface area (Å²) in [7, 11) is 0. The van der Waals surface area contributed by atoms with Gasteiger partial charge in [-0.15, -0.1) is 0 Å². The number of aromatic nitrogens is 3. The van der Waals surface area contributed by atoms with Crippen LogP contribution in [0.3, 0.4) is 0 Å². The fourth-order valence-electron chi connectivity index (χ4n) is 1.50. The van der Waals surface area contributed by atoms with Gasteiger partial charge in [-0.25, -0.2) is 0 Å². The second-order valence-corrected chi connectivity index (χ2v) is 3.55. The number of H-pyrrole nitrogens is 1. The number of hydrogen-bond donors (Lipinski definition) is 2. The van der Waals surface area contributed by atoms with Crippen molar-refractivity contribution in [2.45, 2.75) is 19.6 Å². The van der Waals surface area contributed by atoms with Crippen LogP contribution in [0.4, 0.5) is 0 Å². The quantitative estimate of drug-likeness (QED) is 0.779. The zero-order valence-corrected chi connectivity index (χ0v) is 8.99. The van der Waals surface area contributed by atoms with Crippen molar-refractivity contribution in [3.05, 3.63) is 34.8 Å². The van der Waals surface area contributed by atoms with Crippen LogP contribution in [0, 0.1) is 4.77 Å². The first kappa shape index (κ1) is 10.1. The fourth-order valence-corrected chi connectivity index (χ4v) is 1.81. The molecular formula is C9H11N3O2S. The van der Waals surface area contributed by atoms with Gasteiger partial charge in [0.15, 0.2) is 10.6 Å². The molecule has 0 aliphatic rings. The summed E-state index contributed by atoms with van der Waals surface area (Å²) >= 11 is 5.08. The number of nitrogens with zero attached hydrogens (tertiary/aromatic N) is 2. The Morgan fingerprint density at radius 2 is 2.53 bits per heavy atom. The smallest absolute Gasteiger partial charge is 0.195 e. The molecule has 0 spiro atoms. The average Bonchev–Trinajstić information content (AvgIpc) is 2.85. The predicted molar refractivity (Wildman–Crippen MR) is 55.9 cm³/mol. The van der Waals surface area contributed by atoms with E-state index >= 15 is 0 Å². The van der Waals surface area contributed by atoms with Gasteiger partial charge in [0.1, 0.15) is 12.4 Å². The van der Waals surface area contributed by atoms with E-state index in [9.17, 15) is 0 Å². The van der Waals surface area contributed by atoms with E-state index in [0.717, 1.165) is 5.76 Å². The van der Waals surface area contributed by atoms with Crippen molar-refractivity contribution in [3.63, 3.8) is 0 Å². The standard InChI is InChI=1S/C9H11N3O2S/c1-6(7-3-2-4-14-7)12-8(5-13)10-11-9(12)15/h2-4,6,13H,5H2,1H3,(H,11,15). The van der Waals surface area contributed by atoms with E-state index in [1.807, 2.05) is 19.1 Å². The highest BCUT2D eigenvalue weighted by Gasteiger charge is 2.15. The lowest BCUT2D eigenvalue weighted by Crippen LogP contribution is -2.10. The number of nitrogens with one attached hydrogen (secondary N) is 1. The molecule has 1 atom stereocenters. The van der Waals surface area contributed by atoms with Crippen LogP contribution < -0.4 is 0 Å². The molecule has 0 fully saturated rings. The third kappa shape index (κ3) is 1.73. The first-order valence-electron chi connectivity index (χ1n) is 4.54. The fraction of sp³-hybridized carbons (Fsp3) is 0.333. The molecule has 0 aromatic carbocycles. The van der Waals surface area contributed by atoms with Gasteiger partial charge in [-0.05, 0) is 31.3 Å². The van der Waals surface area contributed by atoms with Gasteiger partial charge >= 0.3 is 0 Å². The maximum atomic E-state index is 9.10. The Hall–Kier alpha value is -1.40. The summed E-state index contributed by atoms with van der Waals surface area (Å²) in [6.45, 7) is 1.78. The minimum Gasteiger partial charge on any atom is -0.467 e. The normalized spacial score (nSPS) is 12.9. The van der Waals surface area contributed by atoms with Gasteiger partial charge in [0.05, 0.1) is 12.3 Å². The highest BCUT2D eigenvalue weighted by molar-refractivity contribution is 7.71. The van der Waals surface area contributed by atoms with Crippen molar-refractivity contribution < 1.29 is 9.52 Å². The maximum absolute atomic E-state index is 9.10. The van der Waals surface area contributed by atoms with Gasteiger partial charge in [0.2, 0.25) is 0 Å². The van der Waals surface area contributed by atoms with Crippen LogP contribution in [-0.2, 0) is 6.61 Å². The van der Waals surface area contributed by atoms with Gasteiger partial charge < -0.3 is 9.52 Å². The number of rotatable bonds is 3. The zero-order chi connectivity index (χ0) is 10.8. The predicted octanol–water partition coefficient (Wildman–Crippen LogP) is 1.64. The Morgan fingerprint density at radius 1 is 1.73 bits per heavy atom. The molecule has 5 nitrogen and oxygen atoms in total. The van der Waals surface area contributed by atoms with Gasteiger partial charge in [-0.2, -0.15) is 5.10 Å². The van der Waals surface area contributed by atoms with Crippen molar-refractivity contribution in [2.24, 2.45) is 0 Å². The molecular weight excluding hydrogens is 214 g/mol. The summed E-state index contributed by atoms with van der Waals surface area (Å²) in [4.78, 5) is 0. The molecule has 2 aromatic heterocycles. The van der Waals surface area contributed by atoms with Crippen molar-refractivity contribution in [1.29, 1.82) is 0 Å². The van der Waals surface area contributed by atoms with Gasteiger partial charge in [0, 0.05) is 0 Å². The molecule has 6 heteroatoms. The molecule has 0 aliphatic carbocycles. The highest BCUT2D eigenvalue weighted by atomic mass is 32.1. The molecule has 0 aliphatic heterocycles. The zero-order valence-electron chi connectivity index (χ0n) is 8.17. The van der Waals surface area contributed by atoms with E-state index in [4.69, 9.17) is 21.7 Å². The molecule has 1 unspecified atom stereocenters. The Kier molecular flexibility index (Phi) is 2.70. The van der Waals surface area contributed by atoms with E-state index in [2.05, 4.69) is 10.2 Å². The van der Waals surface area contributed by atoms with Crippen LogP contribution in [0.25, 0.3) is 0 Å². The second kappa shape index (κ2) is 4.00. The number of aromatic amines is 1. The Morgan fingerprint density at radius 3 is 3.13 bits per heavy atom. The third-order valence-corrected chi connectivity index (χ3v) is 2.55. The lowest BCUT2D eigenvalue weighted by atomic mass is 10.2. The van der Waals surface area contributed by atoms with E-state index in [1.165, 1.54) is 0 Å². The molecule has 2 N–H and O–H groups in total. The SMILES string of the molecule is CC(c1ccco1)n1c(CO)n[nH]c1=S. The molecule has 0 amide bonds. The minimum atomic E-state index is -0.155. The van der Waals surface area contributed by atoms with Crippen molar-refractivity contribution >= 4 is 12.2 Å². The van der Waals surface area contributed by atoms with E-state index in [0.29, 0.717) is 10.6 Å². The number of aliphatic hydroxyl groups excluding tert-OH is 1.